The summed E-state index contributed by atoms with van der Waals surface area (Å²) in [6, 6.07) is 10.7. The third kappa shape index (κ3) is 1.79. The molecule has 4 rings (SSSR count). The minimum Gasteiger partial charge on any atom is -0.508 e. The average Bonchev–Trinajstić information content (AvgIpc) is 2.51. The predicted octanol–water partition coefficient (Wildman–Crippen LogP) is 4.96. The molecular weight excluding hydrogens is 272 g/mol. The van der Waals surface area contributed by atoms with E-state index in [1.54, 1.807) is 0 Å². The molecule has 2 aromatic carbocycles. The number of ether oxygens (including phenoxy) is 1. The summed E-state index contributed by atoms with van der Waals surface area (Å²) in [5.41, 5.74) is 5.74. The Hall–Kier alpha value is -1.96. The smallest absolute Gasteiger partial charge is 0.135 e. The van der Waals surface area contributed by atoms with Gasteiger partial charge >= 0.3 is 0 Å². The maximum Gasteiger partial charge on any atom is 0.135 e. The van der Waals surface area contributed by atoms with Gasteiger partial charge < -0.3 is 9.84 Å². The van der Waals surface area contributed by atoms with Gasteiger partial charge in [0.15, 0.2) is 0 Å². The van der Waals surface area contributed by atoms with Gasteiger partial charge in [-0.05, 0) is 73.1 Å². The Morgan fingerprint density at radius 1 is 1.05 bits per heavy atom. The molecule has 1 saturated carbocycles. The van der Waals surface area contributed by atoms with Crippen LogP contribution in [-0.2, 0) is 18.4 Å². The van der Waals surface area contributed by atoms with Gasteiger partial charge in [0.1, 0.15) is 17.1 Å². The number of fused-ring (bicyclic) bond motifs is 4. The molecule has 2 aromatic rings. The third-order valence-corrected chi connectivity index (χ3v) is 5.30. The second-order valence-electron chi connectivity index (χ2n) is 6.51. The van der Waals surface area contributed by atoms with Gasteiger partial charge in [-0.3, -0.25) is 0 Å². The fourth-order valence-corrected chi connectivity index (χ4v) is 3.75. The predicted molar refractivity (Wildman–Crippen MR) is 88.5 cm³/mol. The molecule has 0 atom stereocenters. The monoisotopic (exact) mass is 294 g/mol. The normalized spacial score (nSPS) is 17.4. The summed E-state index contributed by atoms with van der Waals surface area (Å²) >= 11 is 0. The molecule has 1 aliphatic heterocycles. The SMILES string of the molecule is CCc1ccc2c(c1)-c1cc(CC)c(O)cc1C1(CCC1)O2. The van der Waals surface area contributed by atoms with Crippen molar-refractivity contribution in [3.8, 4) is 22.6 Å². The van der Waals surface area contributed by atoms with Crippen molar-refractivity contribution in [2.45, 2.75) is 51.6 Å². The minimum atomic E-state index is -0.209. The topological polar surface area (TPSA) is 29.5 Å². The van der Waals surface area contributed by atoms with Gasteiger partial charge in [0, 0.05) is 11.1 Å². The highest BCUT2D eigenvalue weighted by molar-refractivity contribution is 5.79. The number of aromatic hydroxyl groups is 1. The lowest BCUT2D eigenvalue weighted by molar-refractivity contribution is -0.0145. The summed E-state index contributed by atoms with van der Waals surface area (Å²) in [4.78, 5) is 0. The molecule has 1 heterocycles. The molecule has 2 nitrogen and oxygen atoms in total. The van der Waals surface area contributed by atoms with Crippen LogP contribution in [0.3, 0.4) is 0 Å². The van der Waals surface area contributed by atoms with Crippen LogP contribution >= 0.6 is 0 Å². The number of rotatable bonds is 2. The highest BCUT2D eigenvalue weighted by Crippen LogP contribution is 2.55. The van der Waals surface area contributed by atoms with Gasteiger partial charge in [-0.1, -0.05) is 19.9 Å². The van der Waals surface area contributed by atoms with Gasteiger partial charge in [0.25, 0.3) is 0 Å². The Bertz CT molecular complexity index is 742. The number of hydrogen-bond acceptors (Lipinski definition) is 2. The molecule has 0 radical (unpaired) electrons. The van der Waals surface area contributed by atoms with E-state index < -0.39 is 0 Å². The quantitative estimate of drug-likeness (QED) is 0.848. The van der Waals surface area contributed by atoms with Crippen molar-refractivity contribution in [1.29, 1.82) is 0 Å². The van der Waals surface area contributed by atoms with Crippen LogP contribution in [0.15, 0.2) is 30.3 Å². The number of hydrogen-bond donors (Lipinski definition) is 1. The maximum absolute atomic E-state index is 10.3. The summed E-state index contributed by atoms with van der Waals surface area (Å²) in [6.07, 6.45) is 5.14. The van der Waals surface area contributed by atoms with Gasteiger partial charge in [-0.15, -0.1) is 0 Å². The molecule has 1 fully saturated rings. The van der Waals surface area contributed by atoms with Crippen molar-refractivity contribution in [3.63, 3.8) is 0 Å². The fraction of sp³-hybridized carbons (Fsp3) is 0.400. The molecule has 0 aromatic heterocycles. The first kappa shape index (κ1) is 13.7. The Morgan fingerprint density at radius 3 is 2.50 bits per heavy atom. The minimum absolute atomic E-state index is 0.209. The van der Waals surface area contributed by atoms with E-state index in [9.17, 15) is 5.11 Å². The van der Waals surface area contributed by atoms with E-state index in [0.29, 0.717) is 5.75 Å². The molecule has 0 bridgehead atoms. The molecule has 2 heteroatoms. The van der Waals surface area contributed by atoms with Gasteiger partial charge in [0.2, 0.25) is 0 Å². The van der Waals surface area contributed by atoms with Crippen LogP contribution in [0.2, 0.25) is 0 Å². The first-order valence-corrected chi connectivity index (χ1v) is 8.35. The van der Waals surface area contributed by atoms with Crippen molar-refractivity contribution in [3.05, 3.63) is 47.0 Å². The van der Waals surface area contributed by atoms with E-state index in [1.165, 1.54) is 28.7 Å². The molecule has 114 valence electrons. The molecule has 1 aliphatic carbocycles. The van der Waals surface area contributed by atoms with Gasteiger partial charge in [-0.2, -0.15) is 0 Å². The Kier molecular flexibility index (Phi) is 2.97. The summed E-state index contributed by atoms with van der Waals surface area (Å²) in [7, 11) is 0. The zero-order valence-corrected chi connectivity index (χ0v) is 13.3. The van der Waals surface area contributed by atoms with Crippen LogP contribution < -0.4 is 4.74 Å². The number of benzene rings is 2. The third-order valence-electron chi connectivity index (χ3n) is 5.30. The van der Waals surface area contributed by atoms with Crippen LogP contribution in [0.5, 0.6) is 11.5 Å². The Labute approximate surface area is 131 Å². The molecular formula is C20H22O2. The molecule has 1 N–H and O–H groups in total. The largest absolute Gasteiger partial charge is 0.508 e. The highest BCUT2D eigenvalue weighted by atomic mass is 16.5. The zero-order chi connectivity index (χ0) is 15.3. The van der Waals surface area contributed by atoms with Crippen molar-refractivity contribution < 1.29 is 9.84 Å². The number of phenolic OH excluding ortho intramolecular Hbond substituents is 1. The summed E-state index contributed by atoms with van der Waals surface area (Å²) in [5.74, 6) is 1.41. The van der Waals surface area contributed by atoms with Crippen molar-refractivity contribution in [2.24, 2.45) is 0 Å². The lowest BCUT2D eigenvalue weighted by atomic mass is 9.70. The van der Waals surface area contributed by atoms with E-state index >= 15 is 0 Å². The van der Waals surface area contributed by atoms with E-state index in [4.69, 9.17) is 4.74 Å². The average molecular weight is 294 g/mol. The first-order chi connectivity index (χ1) is 10.7. The van der Waals surface area contributed by atoms with Gasteiger partial charge in [-0.25, -0.2) is 0 Å². The highest BCUT2D eigenvalue weighted by Gasteiger charge is 2.46. The second kappa shape index (κ2) is 4.77. The van der Waals surface area contributed by atoms with Crippen LogP contribution in [0.25, 0.3) is 11.1 Å². The lowest BCUT2D eigenvalue weighted by Crippen LogP contribution is -2.42. The lowest BCUT2D eigenvalue weighted by Gasteiger charge is -2.46. The number of aryl methyl sites for hydroxylation is 2. The van der Waals surface area contributed by atoms with Crippen LogP contribution in [0.4, 0.5) is 0 Å². The zero-order valence-electron chi connectivity index (χ0n) is 13.3. The number of phenols is 1. The van der Waals surface area contributed by atoms with Crippen molar-refractivity contribution in [2.75, 3.05) is 0 Å². The van der Waals surface area contributed by atoms with Crippen molar-refractivity contribution >= 4 is 0 Å². The van der Waals surface area contributed by atoms with E-state index in [0.717, 1.165) is 37.0 Å². The fourth-order valence-electron chi connectivity index (χ4n) is 3.75. The Balaban J connectivity index is 1.98. The van der Waals surface area contributed by atoms with Crippen LogP contribution in [0.1, 0.15) is 49.8 Å². The maximum atomic E-state index is 10.3. The molecule has 1 spiro atoms. The molecule has 0 unspecified atom stereocenters. The molecule has 0 saturated heterocycles. The van der Waals surface area contributed by atoms with E-state index in [1.807, 2.05) is 6.07 Å². The van der Waals surface area contributed by atoms with E-state index in [2.05, 4.69) is 38.1 Å². The molecule has 0 amide bonds. The standard InChI is InChI=1S/C20H22O2/c1-3-13-6-7-19-16(10-13)15-11-14(4-2)18(21)12-17(15)20(22-19)8-5-9-20/h6-7,10-12,21H,3-5,8-9H2,1-2H3. The summed E-state index contributed by atoms with van der Waals surface area (Å²) < 4.78 is 6.40. The first-order valence-electron chi connectivity index (χ1n) is 8.35. The second-order valence-corrected chi connectivity index (χ2v) is 6.51. The van der Waals surface area contributed by atoms with Gasteiger partial charge in [0.05, 0.1) is 0 Å². The van der Waals surface area contributed by atoms with Crippen LogP contribution in [0, 0.1) is 0 Å². The summed E-state index contributed by atoms with van der Waals surface area (Å²) in [5, 5.41) is 10.3. The van der Waals surface area contributed by atoms with Crippen molar-refractivity contribution in [1.82, 2.24) is 0 Å². The summed E-state index contributed by atoms with van der Waals surface area (Å²) in [6.45, 7) is 4.26. The Morgan fingerprint density at radius 2 is 1.86 bits per heavy atom. The molecule has 2 aliphatic rings. The van der Waals surface area contributed by atoms with E-state index in [-0.39, 0.29) is 5.60 Å². The van der Waals surface area contributed by atoms with Crippen LogP contribution in [-0.4, -0.2) is 5.11 Å². The molecule has 22 heavy (non-hydrogen) atoms.